The van der Waals surface area contributed by atoms with Gasteiger partial charge in [-0.05, 0) is 55.7 Å². The van der Waals surface area contributed by atoms with Crippen molar-refractivity contribution in [2.45, 2.75) is 55.1 Å². The molecule has 0 fully saturated rings. The molecule has 0 aliphatic rings. The van der Waals surface area contributed by atoms with Crippen LogP contribution in [0, 0.1) is 5.82 Å². The second-order valence-corrected chi connectivity index (χ2v) is 9.05. The van der Waals surface area contributed by atoms with E-state index < -0.39 is 45.5 Å². The molecular weight excluding hydrogens is 470 g/mol. The zero-order valence-electron chi connectivity index (χ0n) is 17.6. The van der Waals surface area contributed by atoms with E-state index in [4.69, 9.17) is 0 Å². The molecule has 7 nitrogen and oxygen atoms in total. The Kier molecular flexibility index (Phi) is 8.42. The Morgan fingerprint density at radius 3 is 2.21 bits per heavy atom. The van der Waals surface area contributed by atoms with Gasteiger partial charge in [0.1, 0.15) is 0 Å². The molecule has 12 heteroatoms. The van der Waals surface area contributed by atoms with E-state index in [0.29, 0.717) is 18.1 Å². The minimum absolute atomic E-state index is 0.0273. The largest absolute Gasteiger partial charge is 0.471 e. The number of alkyl halides is 3. The van der Waals surface area contributed by atoms with E-state index in [0.717, 1.165) is 12.1 Å². The quantitative estimate of drug-likeness (QED) is 0.325. The molecule has 0 aromatic heterocycles. The average molecular weight is 491 g/mol. The molecule has 2 rings (SSSR count). The number of rotatable bonds is 9. The Morgan fingerprint density at radius 2 is 1.67 bits per heavy atom. The molecule has 180 valence electrons. The number of hydrogen-bond acceptors (Lipinski definition) is 6. The van der Waals surface area contributed by atoms with Crippen LogP contribution < -0.4 is 10.2 Å². The topological polar surface area (TPSA) is 98.8 Å². The summed E-state index contributed by atoms with van der Waals surface area (Å²) in [7, 11) is -4.12. The van der Waals surface area contributed by atoms with Gasteiger partial charge in [0.15, 0.2) is 5.82 Å². The lowest BCUT2D eigenvalue weighted by atomic mass is 10.1. The number of benzene rings is 2. The van der Waals surface area contributed by atoms with Crippen molar-refractivity contribution < 1.29 is 45.3 Å². The molecular formula is C21H21F4NO6S. The molecule has 0 unspecified atom stereocenters. The van der Waals surface area contributed by atoms with Gasteiger partial charge in [-0.1, -0.05) is 19.1 Å². The van der Waals surface area contributed by atoms with Crippen LogP contribution in [-0.2, 0) is 30.7 Å². The monoisotopic (exact) mass is 491 g/mol. The first kappa shape index (κ1) is 26.1. The van der Waals surface area contributed by atoms with Crippen molar-refractivity contribution in [3.63, 3.8) is 0 Å². The third-order valence-corrected chi connectivity index (χ3v) is 6.07. The number of sulfone groups is 1. The van der Waals surface area contributed by atoms with Crippen molar-refractivity contribution in [1.29, 1.82) is 0 Å². The Labute approximate surface area is 187 Å². The average Bonchev–Trinajstić information content (AvgIpc) is 2.72. The second kappa shape index (κ2) is 10.6. The van der Waals surface area contributed by atoms with Gasteiger partial charge in [-0.3, -0.25) is 14.6 Å². The van der Waals surface area contributed by atoms with E-state index in [1.807, 2.05) is 5.32 Å². The van der Waals surface area contributed by atoms with Crippen molar-refractivity contribution in [1.82, 2.24) is 5.32 Å². The molecule has 1 atom stereocenters. The van der Waals surface area contributed by atoms with Crippen LogP contribution in [0.3, 0.4) is 0 Å². The summed E-state index contributed by atoms with van der Waals surface area (Å²) < 4.78 is 76.7. The Bertz CT molecular complexity index is 1100. The highest BCUT2D eigenvalue weighted by molar-refractivity contribution is 7.91. The van der Waals surface area contributed by atoms with Crippen LogP contribution in [0.2, 0.25) is 0 Å². The molecule has 2 aromatic carbocycles. The smallest absolute Gasteiger partial charge is 0.345 e. The molecule has 0 saturated heterocycles. The molecule has 0 bridgehead atoms. The van der Waals surface area contributed by atoms with Crippen LogP contribution in [0.15, 0.2) is 52.3 Å². The summed E-state index contributed by atoms with van der Waals surface area (Å²) in [5, 5.41) is 1.81. The maximum Gasteiger partial charge on any atom is 0.471 e. The summed E-state index contributed by atoms with van der Waals surface area (Å²) in [6, 6.07) is 7.13. The van der Waals surface area contributed by atoms with Gasteiger partial charge < -0.3 is 5.32 Å². The summed E-state index contributed by atoms with van der Waals surface area (Å²) in [6.07, 6.45) is -4.40. The number of amides is 1. The third-order valence-electron chi connectivity index (χ3n) is 4.30. The van der Waals surface area contributed by atoms with Gasteiger partial charge in [-0.2, -0.15) is 13.2 Å². The molecule has 0 aliphatic heterocycles. The fourth-order valence-corrected chi connectivity index (χ4v) is 3.98. The number of halogens is 4. The maximum absolute atomic E-state index is 14.2. The fourth-order valence-electron chi connectivity index (χ4n) is 2.70. The molecule has 0 spiro atoms. The lowest BCUT2D eigenvalue weighted by Crippen LogP contribution is -2.42. The van der Waals surface area contributed by atoms with Crippen molar-refractivity contribution in [2.75, 3.05) is 0 Å². The summed E-state index contributed by atoms with van der Waals surface area (Å²) in [5.41, 5.74) is 0.479. The van der Waals surface area contributed by atoms with Crippen LogP contribution >= 0.6 is 0 Å². The molecule has 0 heterocycles. The van der Waals surface area contributed by atoms with Gasteiger partial charge in [0.25, 0.3) is 0 Å². The first-order chi connectivity index (χ1) is 15.3. The number of nitrogens with one attached hydrogen (secondary N) is 1. The Morgan fingerprint density at radius 1 is 1.06 bits per heavy atom. The first-order valence-electron chi connectivity index (χ1n) is 9.73. The molecule has 1 amide bonds. The molecule has 0 aliphatic carbocycles. The van der Waals surface area contributed by atoms with Gasteiger partial charge in [-0.25, -0.2) is 17.6 Å². The van der Waals surface area contributed by atoms with Gasteiger partial charge in [0.05, 0.1) is 9.79 Å². The standard InChI is InChI=1S/C21H21F4NO6S/c1-3-4-19(27)32-31-18-10-9-16(12-17(18)22)33(29,30)15-7-5-14(6-8-15)11-13(2)26-20(28)21(23,24)25/h5-10,12-13H,3-4,11H2,1-2H3,(H,26,28)/t13-/m1/s1. The van der Waals surface area contributed by atoms with Crippen molar-refractivity contribution >= 4 is 21.7 Å². The highest BCUT2D eigenvalue weighted by Crippen LogP contribution is 2.26. The van der Waals surface area contributed by atoms with Crippen LogP contribution in [0.5, 0.6) is 5.75 Å². The predicted octanol–water partition coefficient (Wildman–Crippen LogP) is 3.91. The number of hydrogen-bond donors (Lipinski definition) is 1. The van der Waals surface area contributed by atoms with Gasteiger partial charge >= 0.3 is 18.1 Å². The van der Waals surface area contributed by atoms with Gasteiger partial charge in [0, 0.05) is 12.5 Å². The van der Waals surface area contributed by atoms with Crippen LogP contribution in [0.25, 0.3) is 0 Å². The fraction of sp³-hybridized carbons (Fsp3) is 0.333. The van der Waals surface area contributed by atoms with E-state index in [1.54, 1.807) is 6.92 Å². The molecule has 0 saturated carbocycles. The molecule has 0 radical (unpaired) electrons. The minimum atomic E-state index is -5.00. The van der Waals surface area contributed by atoms with Crippen molar-refractivity contribution in [3.8, 4) is 5.75 Å². The first-order valence-corrected chi connectivity index (χ1v) is 11.2. The number of carbonyl (C=O) groups is 2. The zero-order chi connectivity index (χ0) is 24.8. The van der Waals surface area contributed by atoms with E-state index in [9.17, 15) is 35.6 Å². The summed E-state index contributed by atoms with van der Waals surface area (Å²) in [6.45, 7) is 3.11. The SMILES string of the molecule is CCCC(=O)OOc1ccc(S(=O)(=O)c2ccc(C[C@@H](C)NC(=O)C(F)(F)F)cc2)cc1F. The maximum atomic E-state index is 14.2. The van der Waals surface area contributed by atoms with Crippen LogP contribution in [0.1, 0.15) is 32.3 Å². The molecule has 1 N–H and O–H groups in total. The van der Waals surface area contributed by atoms with Crippen molar-refractivity contribution in [2.24, 2.45) is 0 Å². The normalized spacial score (nSPS) is 12.7. The van der Waals surface area contributed by atoms with E-state index in [-0.39, 0.29) is 22.6 Å². The Hall–Kier alpha value is -3.15. The van der Waals surface area contributed by atoms with E-state index in [2.05, 4.69) is 9.78 Å². The van der Waals surface area contributed by atoms with E-state index >= 15 is 0 Å². The lowest BCUT2D eigenvalue weighted by Gasteiger charge is -2.15. The summed E-state index contributed by atoms with van der Waals surface area (Å²) >= 11 is 0. The highest BCUT2D eigenvalue weighted by atomic mass is 32.2. The minimum Gasteiger partial charge on any atom is -0.345 e. The third kappa shape index (κ3) is 7.17. The second-order valence-electron chi connectivity index (χ2n) is 7.10. The summed E-state index contributed by atoms with van der Waals surface area (Å²) in [4.78, 5) is 30.7. The Balaban J connectivity index is 2.10. The van der Waals surface area contributed by atoms with Crippen LogP contribution in [-0.4, -0.2) is 32.5 Å². The van der Waals surface area contributed by atoms with Gasteiger partial charge in [0.2, 0.25) is 15.6 Å². The lowest BCUT2D eigenvalue weighted by molar-refractivity contribution is -0.214. The molecule has 33 heavy (non-hydrogen) atoms. The molecule has 2 aromatic rings. The number of carbonyl (C=O) groups excluding carboxylic acids is 2. The highest BCUT2D eigenvalue weighted by Gasteiger charge is 2.39. The van der Waals surface area contributed by atoms with Gasteiger partial charge in [-0.15, -0.1) is 0 Å². The summed E-state index contributed by atoms with van der Waals surface area (Å²) in [5.74, 6) is -4.31. The zero-order valence-corrected chi connectivity index (χ0v) is 18.4. The predicted molar refractivity (Wildman–Crippen MR) is 107 cm³/mol. The van der Waals surface area contributed by atoms with E-state index in [1.165, 1.54) is 31.2 Å². The van der Waals surface area contributed by atoms with Crippen molar-refractivity contribution in [3.05, 3.63) is 53.8 Å². The van der Waals surface area contributed by atoms with Crippen LogP contribution in [0.4, 0.5) is 17.6 Å².